The Balaban J connectivity index is 1.67. The number of carbonyl (C=O) groups is 1. The van der Waals surface area contributed by atoms with Gasteiger partial charge in [0, 0.05) is 12.3 Å². The summed E-state index contributed by atoms with van der Waals surface area (Å²) in [6.45, 7) is 1.08. The number of benzene rings is 1. The van der Waals surface area contributed by atoms with Crippen LogP contribution in [0.3, 0.4) is 0 Å². The highest BCUT2D eigenvalue weighted by Gasteiger charge is 2.36. The van der Waals surface area contributed by atoms with Gasteiger partial charge in [0.25, 0.3) is 0 Å². The van der Waals surface area contributed by atoms with Crippen molar-refractivity contribution in [3.05, 3.63) is 35.4 Å². The fraction of sp³-hybridized carbons (Fsp3) is 0.529. The van der Waals surface area contributed by atoms with Crippen molar-refractivity contribution in [1.82, 2.24) is 4.90 Å². The molecule has 1 aromatic carbocycles. The van der Waals surface area contributed by atoms with Crippen molar-refractivity contribution in [2.75, 3.05) is 13.1 Å². The number of hydrogen-bond acceptors (Lipinski definition) is 4. The van der Waals surface area contributed by atoms with Crippen molar-refractivity contribution in [2.45, 2.75) is 37.6 Å². The molecule has 1 fully saturated rings. The molecule has 0 bridgehead atoms. The van der Waals surface area contributed by atoms with Gasteiger partial charge >= 0.3 is 12.1 Å². The van der Waals surface area contributed by atoms with E-state index in [0.717, 1.165) is 29.6 Å². The monoisotopic (exact) mass is 434 g/mol. The first-order valence-corrected chi connectivity index (χ1v) is 9.07. The molecule has 1 saturated heterocycles. The Hall–Kier alpha value is -1.61. The zero-order valence-corrected chi connectivity index (χ0v) is 15.3. The highest BCUT2D eigenvalue weighted by molar-refractivity contribution is 9.18. The molecule has 9 heteroatoms. The molecule has 0 radical (unpaired) electrons. The van der Waals surface area contributed by atoms with Crippen LogP contribution < -0.4 is 0 Å². The third-order valence-corrected chi connectivity index (χ3v) is 5.38. The summed E-state index contributed by atoms with van der Waals surface area (Å²) in [4.78, 5) is 18.9. The van der Waals surface area contributed by atoms with Crippen molar-refractivity contribution in [3.8, 4) is 0 Å². The van der Waals surface area contributed by atoms with E-state index in [1.54, 1.807) is 4.90 Å². The maximum absolute atomic E-state index is 12.7. The summed E-state index contributed by atoms with van der Waals surface area (Å²) in [5.41, 5.74) is -0.430. The maximum atomic E-state index is 12.7. The van der Waals surface area contributed by atoms with Crippen molar-refractivity contribution < 1.29 is 27.9 Å². The van der Waals surface area contributed by atoms with Crippen molar-refractivity contribution in [1.29, 1.82) is 0 Å². The minimum atomic E-state index is -4.44. The Kier molecular flexibility index (Phi) is 5.57. The standard InChI is InChI=1S/C17H18BrF3N2O3/c18-14-9-13(26-22-14)10-5-7-23(8-6-10)15(16(24)25)11-1-3-12(4-2-11)17(19,20)21/h1-4,10,13,15H,5-9H2,(H,24,25)/t13-,15?/m1/s1. The number of piperidine rings is 1. The molecule has 5 nitrogen and oxygen atoms in total. The average molecular weight is 435 g/mol. The number of rotatable bonds is 4. The van der Waals surface area contributed by atoms with Crippen molar-refractivity contribution >= 4 is 26.5 Å². The minimum absolute atomic E-state index is 0.000808. The second kappa shape index (κ2) is 7.56. The summed E-state index contributed by atoms with van der Waals surface area (Å²) in [6.07, 6.45) is -2.21. The van der Waals surface area contributed by atoms with E-state index in [0.29, 0.717) is 25.1 Å². The summed E-state index contributed by atoms with van der Waals surface area (Å²) >= 11 is 3.31. The normalized spacial score (nSPS) is 23.4. The summed E-state index contributed by atoms with van der Waals surface area (Å²) in [5.74, 6) is -0.779. The first-order chi connectivity index (χ1) is 12.3. The Labute approximate surface area is 156 Å². The SMILES string of the molecule is O=C(O)C(c1ccc(C(F)(F)F)cc1)N1CCC([C@H]2CC(Br)=NO2)CC1. The maximum Gasteiger partial charge on any atom is 0.416 e. The van der Waals surface area contributed by atoms with Crippen LogP contribution in [0.25, 0.3) is 0 Å². The fourth-order valence-electron chi connectivity index (χ4n) is 3.53. The number of hydrogen-bond donors (Lipinski definition) is 1. The number of alkyl halides is 3. The largest absolute Gasteiger partial charge is 0.480 e. The zero-order chi connectivity index (χ0) is 18.9. The molecular weight excluding hydrogens is 417 g/mol. The van der Waals surface area contributed by atoms with Crippen LogP contribution >= 0.6 is 15.9 Å². The molecule has 142 valence electrons. The lowest BCUT2D eigenvalue weighted by Gasteiger charge is -2.37. The Morgan fingerprint density at radius 1 is 1.27 bits per heavy atom. The number of likely N-dealkylation sites (tertiary alicyclic amines) is 1. The van der Waals surface area contributed by atoms with Gasteiger partial charge in [-0.2, -0.15) is 13.2 Å². The van der Waals surface area contributed by atoms with Gasteiger partial charge in [-0.15, -0.1) is 0 Å². The van der Waals surface area contributed by atoms with Crippen LogP contribution in [-0.2, 0) is 15.8 Å². The minimum Gasteiger partial charge on any atom is -0.480 e. The Morgan fingerprint density at radius 3 is 2.35 bits per heavy atom. The predicted octanol–water partition coefficient (Wildman–Crippen LogP) is 4.04. The van der Waals surface area contributed by atoms with Crippen LogP contribution in [0, 0.1) is 5.92 Å². The number of oxime groups is 1. The summed E-state index contributed by atoms with van der Waals surface area (Å²) in [6, 6.07) is 3.40. The van der Waals surface area contributed by atoms with Gasteiger partial charge in [-0.1, -0.05) is 17.3 Å². The molecule has 0 amide bonds. The predicted molar refractivity (Wildman–Crippen MR) is 92.0 cm³/mol. The van der Waals surface area contributed by atoms with Crippen LogP contribution in [-0.4, -0.2) is 39.8 Å². The van der Waals surface area contributed by atoms with E-state index in [1.165, 1.54) is 12.1 Å². The second-order valence-corrected chi connectivity index (χ2v) is 7.46. The van der Waals surface area contributed by atoms with Gasteiger partial charge in [0.15, 0.2) is 0 Å². The quantitative estimate of drug-likeness (QED) is 0.776. The molecule has 2 atom stereocenters. The molecule has 2 heterocycles. The van der Waals surface area contributed by atoms with Gasteiger partial charge in [0.2, 0.25) is 0 Å². The molecule has 1 N–H and O–H groups in total. The number of halogens is 4. The van der Waals surface area contributed by atoms with E-state index >= 15 is 0 Å². The van der Waals surface area contributed by atoms with Crippen molar-refractivity contribution in [2.24, 2.45) is 11.1 Å². The van der Waals surface area contributed by atoms with Crippen molar-refractivity contribution in [3.63, 3.8) is 0 Å². The third kappa shape index (κ3) is 4.20. The van der Waals surface area contributed by atoms with Crippen LogP contribution in [0.5, 0.6) is 0 Å². The number of carboxylic acids is 1. The Bertz CT molecular complexity index is 685. The summed E-state index contributed by atoms with van der Waals surface area (Å²) in [5, 5.41) is 13.5. The lowest BCUT2D eigenvalue weighted by atomic mass is 9.88. The van der Waals surface area contributed by atoms with Crippen LogP contribution in [0.1, 0.15) is 36.4 Å². The lowest BCUT2D eigenvalue weighted by Crippen LogP contribution is -2.42. The fourth-order valence-corrected chi connectivity index (χ4v) is 3.93. The van der Waals surface area contributed by atoms with Gasteiger partial charge in [-0.25, -0.2) is 0 Å². The van der Waals surface area contributed by atoms with E-state index in [4.69, 9.17) is 4.84 Å². The topological polar surface area (TPSA) is 62.1 Å². The van der Waals surface area contributed by atoms with Crippen LogP contribution in [0.2, 0.25) is 0 Å². The molecule has 3 rings (SSSR count). The third-order valence-electron chi connectivity index (χ3n) is 4.91. The molecule has 2 aliphatic rings. The van der Waals surface area contributed by atoms with E-state index in [2.05, 4.69) is 21.1 Å². The van der Waals surface area contributed by atoms with Gasteiger partial charge in [-0.05, 0) is 59.6 Å². The first-order valence-electron chi connectivity index (χ1n) is 8.28. The molecule has 0 aromatic heterocycles. The van der Waals surface area contributed by atoms with E-state index in [1.807, 2.05) is 0 Å². The van der Waals surface area contributed by atoms with E-state index in [-0.39, 0.29) is 12.0 Å². The second-order valence-electron chi connectivity index (χ2n) is 6.55. The highest BCUT2D eigenvalue weighted by Crippen LogP contribution is 2.34. The summed E-state index contributed by atoms with van der Waals surface area (Å²) < 4.78 is 38.9. The molecule has 26 heavy (non-hydrogen) atoms. The lowest BCUT2D eigenvalue weighted by molar-refractivity contribution is -0.144. The van der Waals surface area contributed by atoms with Crippen LogP contribution in [0.4, 0.5) is 13.2 Å². The molecule has 1 aromatic rings. The van der Waals surface area contributed by atoms with E-state index < -0.39 is 23.8 Å². The highest BCUT2D eigenvalue weighted by atomic mass is 79.9. The zero-order valence-electron chi connectivity index (χ0n) is 13.7. The number of nitrogens with zero attached hydrogens (tertiary/aromatic N) is 2. The first kappa shape index (κ1) is 19.2. The van der Waals surface area contributed by atoms with Gasteiger partial charge in [0.1, 0.15) is 16.8 Å². The van der Waals surface area contributed by atoms with Gasteiger partial charge in [-0.3, -0.25) is 9.69 Å². The molecule has 0 aliphatic carbocycles. The molecular formula is C17H18BrF3N2O3. The van der Waals surface area contributed by atoms with E-state index in [9.17, 15) is 23.1 Å². The molecule has 1 unspecified atom stereocenters. The number of carboxylic acid groups (broad SMARTS) is 1. The van der Waals surface area contributed by atoms with Crippen LogP contribution in [0.15, 0.2) is 29.4 Å². The average Bonchev–Trinajstić information content (AvgIpc) is 3.01. The Morgan fingerprint density at radius 2 is 1.88 bits per heavy atom. The molecule has 0 saturated carbocycles. The molecule has 0 spiro atoms. The number of aliphatic carboxylic acids is 1. The molecule has 2 aliphatic heterocycles. The smallest absolute Gasteiger partial charge is 0.416 e. The summed E-state index contributed by atoms with van der Waals surface area (Å²) in [7, 11) is 0. The van der Waals surface area contributed by atoms with Gasteiger partial charge < -0.3 is 9.94 Å². The van der Waals surface area contributed by atoms with Gasteiger partial charge in [0.05, 0.1) is 5.56 Å².